The van der Waals surface area contributed by atoms with Crippen LogP contribution < -0.4 is 11.5 Å². The molecule has 1 rings (SSSR count). The Hall–Kier alpha value is -1.07. The summed E-state index contributed by atoms with van der Waals surface area (Å²) in [6.45, 7) is 0.554. The Bertz CT molecular complexity index is 332. The highest BCUT2D eigenvalue weighted by Gasteiger charge is 2.14. The molecule has 0 saturated carbocycles. The number of hydrogen-bond acceptors (Lipinski definition) is 2. The van der Waals surface area contributed by atoms with Crippen LogP contribution in [0, 0.1) is 17.5 Å². The lowest BCUT2D eigenvalue weighted by Gasteiger charge is -2.12. The maximum Gasteiger partial charge on any atom is 0.194 e. The van der Waals surface area contributed by atoms with Crippen molar-refractivity contribution in [2.24, 2.45) is 11.5 Å². The summed E-state index contributed by atoms with van der Waals surface area (Å²) in [5.41, 5.74) is 11.3. The Morgan fingerprint density at radius 1 is 1.06 bits per heavy atom. The van der Waals surface area contributed by atoms with Crippen LogP contribution in [0.4, 0.5) is 13.2 Å². The first kappa shape index (κ1) is 13.0. The summed E-state index contributed by atoms with van der Waals surface area (Å²) in [4.78, 5) is 0. The predicted molar refractivity (Wildman–Crippen MR) is 56.1 cm³/mol. The first-order chi connectivity index (χ1) is 7.56. The van der Waals surface area contributed by atoms with Crippen LogP contribution in [0.15, 0.2) is 12.1 Å². The minimum atomic E-state index is -1.46. The van der Waals surface area contributed by atoms with Crippen molar-refractivity contribution < 1.29 is 13.2 Å². The van der Waals surface area contributed by atoms with E-state index in [1.807, 2.05) is 0 Å². The average Bonchev–Trinajstić information content (AvgIpc) is 2.25. The lowest BCUT2D eigenvalue weighted by Crippen LogP contribution is -2.12. The quantitative estimate of drug-likeness (QED) is 0.604. The van der Waals surface area contributed by atoms with Gasteiger partial charge in [0, 0.05) is 6.04 Å². The summed E-state index contributed by atoms with van der Waals surface area (Å²) in [6.07, 6.45) is 2.15. The molecule has 4 N–H and O–H groups in total. The molecule has 0 aliphatic rings. The third-order valence-corrected chi connectivity index (χ3v) is 2.40. The molecule has 0 spiro atoms. The predicted octanol–water partition coefficient (Wildman–Crippen LogP) is 2.23. The van der Waals surface area contributed by atoms with Gasteiger partial charge in [-0.3, -0.25) is 0 Å². The molecule has 1 aromatic carbocycles. The van der Waals surface area contributed by atoms with Crippen molar-refractivity contribution in [2.45, 2.75) is 25.3 Å². The monoisotopic (exact) mass is 232 g/mol. The topological polar surface area (TPSA) is 52.0 Å². The molecule has 16 heavy (non-hydrogen) atoms. The van der Waals surface area contributed by atoms with E-state index in [-0.39, 0.29) is 5.56 Å². The van der Waals surface area contributed by atoms with Gasteiger partial charge in [0.15, 0.2) is 17.5 Å². The first-order valence-corrected chi connectivity index (χ1v) is 5.16. The largest absolute Gasteiger partial charge is 0.330 e. The van der Waals surface area contributed by atoms with Crippen molar-refractivity contribution >= 4 is 0 Å². The van der Waals surface area contributed by atoms with Gasteiger partial charge in [0.05, 0.1) is 0 Å². The third-order valence-electron chi connectivity index (χ3n) is 2.40. The fourth-order valence-corrected chi connectivity index (χ4v) is 1.46. The molecule has 0 amide bonds. The second kappa shape index (κ2) is 5.86. The lowest BCUT2D eigenvalue weighted by molar-refractivity contribution is 0.442. The molecular weight excluding hydrogens is 217 g/mol. The van der Waals surface area contributed by atoms with Gasteiger partial charge in [-0.15, -0.1) is 0 Å². The van der Waals surface area contributed by atoms with Gasteiger partial charge in [-0.05, 0) is 37.1 Å². The van der Waals surface area contributed by atoms with Crippen molar-refractivity contribution in [3.8, 4) is 0 Å². The zero-order chi connectivity index (χ0) is 12.1. The van der Waals surface area contributed by atoms with Crippen molar-refractivity contribution in [3.63, 3.8) is 0 Å². The summed E-state index contributed by atoms with van der Waals surface area (Å²) >= 11 is 0. The molecule has 5 heteroatoms. The van der Waals surface area contributed by atoms with Gasteiger partial charge in [-0.25, -0.2) is 13.2 Å². The number of benzene rings is 1. The second-order valence-electron chi connectivity index (χ2n) is 3.69. The average molecular weight is 232 g/mol. The number of nitrogens with two attached hydrogens (primary N) is 2. The smallest absolute Gasteiger partial charge is 0.194 e. The number of halogens is 3. The maximum absolute atomic E-state index is 12.9. The highest BCUT2D eigenvalue weighted by atomic mass is 19.2. The maximum atomic E-state index is 12.9. The number of unbranched alkanes of at least 4 members (excludes halogenated alkanes) is 1. The molecule has 0 aromatic heterocycles. The molecule has 1 aromatic rings. The zero-order valence-corrected chi connectivity index (χ0v) is 8.85. The zero-order valence-electron chi connectivity index (χ0n) is 8.85. The van der Waals surface area contributed by atoms with E-state index < -0.39 is 23.5 Å². The van der Waals surface area contributed by atoms with Crippen LogP contribution in [0.3, 0.4) is 0 Å². The van der Waals surface area contributed by atoms with Crippen LogP contribution in [0.2, 0.25) is 0 Å². The Balaban J connectivity index is 2.72. The molecular formula is C11H15F3N2. The fourth-order valence-electron chi connectivity index (χ4n) is 1.46. The van der Waals surface area contributed by atoms with Crippen LogP contribution in [0.5, 0.6) is 0 Å². The number of hydrogen-bond donors (Lipinski definition) is 2. The minimum Gasteiger partial charge on any atom is -0.330 e. The van der Waals surface area contributed by atoms with Gasteiger partial charge in [-0.2, -0.15) is 0 Å². The fraction of sp³-hybridized carbons (Fsp3) is 0.455. The second-order valence-corrected chi connectivity index (χ2v) is 3.69. The van der Waals surface area contributed by atoms with Crippen LogP contribution in [0.25, 0.3) is 0 Å². The Morgan fingerprint density at radius 2 is 1.62 bits per heavy atom. The molecule has 1 atom stereocenters. The summed E-state index contributed by atoms with van der Waals surface area (Å²) in [7, 11) is 0. The van der Waals surface area contributed by atoms with Gasteiger partial charge in [0.1, 0.15) is 0 Å². The minimum absolute atomic E-state index is 0.272. The van der Waals surface area contributed by atoms with E-state index >= 15 is 0 Å². The van der Waals surface area contributed by atoms with E-state index in [0.29, 0.717) is 13.0 Å². The van der Waals surface area contributed by atoms with E-state index in [1.165, 1.54) is 0 Å². The normalized spacial score (nSPS) is 12.8. The van der Waals surface area contributed by atoms with Gasteiger partial charge in [-0.1, -0.05) is 6.42 Å². The van der Waals surface area contributed by atoms with Crippen molar-refractivity contribution in [2.75, 3.05) is 6.54 Å². The van der Waals surface area contributed by atoms with Crippen molar-refractivity contribution in [1.82, 2.24) is 0 Å². The SMILES string of the molecule is NCCCC[C@@H](N)c1cc(F)c(F)c(F)c1. The van der Waals surface area contributed by atoms with Gasteiger partial charge >= 0.3 is 0 Å². The molecule has 0 fully saturated rings. The van der Waals surface area contributed by atoms with Crippen LogP contribution in [0.1, 0.15) is 30.9 Å². The van der Waals surface area contributed by atoms with E-state index in [0.717, 1.165) is 25.0 Å². The summed E-state index contributed by atoms with van der Waals surface area (Å²) in [6, 6.07) is 1.38. The van der Waals surface area contributed by atoms with Crippen molar-refractivity contribution in [3.05, 3.63) is 35.1 Å². The highest BCUT2D eigenvalue weighted by Crippen LogP contribution is 2.21. The van der Waals surface area contributed by atoms with Gasteiger partial charge in [0.2, 0.25) is 0 Å². The molecule has 0 aliphatic carbocycles. The van der Waals surface area contributed by atoms with Gasteiger partial charge in [0.25, 0.3) is 0 Å². The summed E-state index contributed by atoms with van der Waals surface area (Å²) in [5.74, 6) is -3.87. The molecule has 2 nitrogen and oxygen atoms in total. The van der Waals surface area contributed by atoms with Crippen LogP contribution >= 0.6 is 0 Å². The Labute approximate surface area is 92.4 Å². The molecule has 0 bridgehead atoms. The van der Waals surface area contributed by atoms with Crippen LogP contribution in [-0.2, 0) is 0 Å². The molecule has 0 heterocycles. The van der Waals surface area contributed by atoms with Crippen molar-refractivity contribution in [1.29, 1.82) is 0 Å². The first-order valence-electron chi connectivity index (χ1n) is 5.16. The standard InChI is InChI=1S/C11H15F3N2/c12-8-5-7(6-9(13)11(8)14)10(16)3-1-2-4-15/h5-6,10H,1-4,15-16H2/t10-/m1/s1. The van der Waals surface area contributed by atoms with E-state index in [4.69, 9.17) is 11.5 Å². The van der Waals surface area contributed by atoms with Gasteiger partial charge < -0.3 is 11.5 Å². The highest BCUT2D eigenvalue weighted by molar-refractivity contribution is 5.22. The molecule has 0 saturated heterocycles. The molecule has 0 unspecified atom stereocenters. The summed E-state index contributed by atoms with van der Waals surface area (Å²) < 4.78 is 38.5. The Morgan fingerprint density at radius 3 is 2.12 bits per heavy atom. The molecule has 90 valence electrons. The van der Waals surface area contributed by atoms with Crippen LogP contribution in [-0.4, -0.2) is 6.54 Å². The number of rotatable bonds is 5. The molecule has 0 aliphatic heterocycles. The summed E-state index contributed by atoms with van der Waals surface area (Å²) in [5, 5.41) is 0. The lowest BCUT2D eigenvalue weighted by atomic mass is 10.0. The van der Waals surface area contributed by atoms with E-state index in [2.05, 4.69) is 0 Å². The van der Waals surface area contributed by atoms with E-state index in [9.17, 15) is 13.2 Å². The molecule has 0 radical (unpaired) electrons. The third kappa shape index (κ3) is 3.21. The van der Waals surface area contributed by atoms with E-state index in [1.54, 1.807) is 0 Å². The Kier molecular flexibility index (Phi) is 4.76.